The summed E-state index contributed by atoms with van der Waals surface area (Å²) in [7, 11) is 0. The fourth-order valence-electron chi connectivity index (χ4n) is 4.37. The van der Waals surface area contributed by atoms with E-state index in [-0.39, 0.29) is 36.2 Å². The zero-order chi connectivity index (χ0) is 22.0. The molecule has 2 aromatic rings. The van der Waals surface area contributed by atoms with Crippen LogP contribution in [0.3, 0.4) is 0 Å². The van der Waals surface area contributed by atoms with Crippen LogP contribution in [0.4, 0.5) is 0 Å². The molecule has 31 heavy (non-hydrogen) atoms. The van der Waals surface area contributed by atoms with E-state index in [1.807, 2.05) is 36.7 Å². The number of likely N-dealkylation sites (tertiary alicyclic amines) is 1. The molecule has 4 rings (SSSR count). The third kappa shape index (κ3) is 4.54. The summed E-state index contributed by atoms with van der Waals surface area (Å²) in [6.45, 7) is 4.59. The first kappa shape index (κ1) is 21.2. The number of benzene rings is 1. The van der Waals surface area contributed by atoms with Gasteiger partial charge in [-0.3, -0.25) is 14.4 Å². The predicted octanol–water partition coefficient (Wildman–Crippen LogP) is 1.98. The van der Waals surface area contributed by atoms with Crippen molar-refractivity contribution in [1.82, 2.24) is 19.8 Å². The molecule has 0 aliphatic carbocycles. The van der Waals surface area contributed by atoms with E-state index in [0.717, 1.165) is 18.5 Å². The average Bonchev–Trinajstić information content (AvgIpc) is 3.43. The number of ether oxygens (including phenoxy) is 1. The van der Waals surface area contributed by atoms with E-state index in [1.165, 1.54) is 0 Å². The summed E-state index contributed by atoms with van der Waals surface area (Å²) >= 11 is 0. The van der Waals surface area contributed by atoms with E-state index in [4.69, 9.17) is 4.74 Å². The zero-order valence-corrected chi connectivity index (χ0v) is 17.9. The number of aromatic nitrogens is 2. The number of nitrogens with one attached hydrogen (secondary N) is 1. The summed E-state index contributed by atoms with van der Waals surface area (Å²) in [5, 5.41) is 2.91. The van der Waals surface area contributed by atoms with Crippen LogP contribution in [0.15, 0.2) is 43.0 Å². The molecular weight excluding hydrogens is 396 g/mol. The quantitative estimate of drug-likeness (QED) is 0.765. The monoisotopic (exact) mass is 424 g/mol. The number of ketones is 1. The summed E-state index contributed by atoms with van der Waals surface area (Å²) in [6, 6.07) is 5.91. The summed E-state index contributed by atoms with van der Waals surface area (Å²) in [6.07, 6.45) is 7.05. The Bertz CT molecular complexity index is 939. The van der Waals surface area contributed by atoms with Crippen LogP contribution in [0.5, 0.6) is 0 Å². The Morgan fingerprint density at radius 2 is 2.03 bits per heavy atom. The van der Waals surface area contributed by atoms with Crippen molar-refractivity contribution in [1.29, 1.82) is 0 Å². The van der Waals surface area contributed by atoms with Crippen molar-refractivity contribution in [3.05, 3.63) is 48.5 Å². The van der Waals surface area contributed by atoms with E-state index in [0.29, 0.717) is 18.5 Å². The van der Waals surface area contributed by atoms with Crippen molar-refractivity contribution in [3.63, 3.8) is 0 Å². The van der Waals surface area contributed by atoms with Crippen LogP contribution >= 0.6 is 0 Å². The fraction of sp³-hybridized carbons (Fsp3) is 0.478. The lowest BCUT2D eigenvalue weighted by molar-refractivity contribution is -0.142. The lowest BCUT2D eigenvalue weighted by atomic mass is 9.95. The highest BCUT2D eigenvalue weighted by Crippen LogP contribution is 2.27. The topological polar surface area (TPSA) is 93.5 Å². The van der Waals surface area contributed by atoms with Gasteiger partial charge in [0, 0.05) is 30.2 Å². The van der Waals surface area contributed by atoms with Gasteiger partial charge in [-0.2, -0.15) is 0 Å². The van der Waals surface area contributed by atoms with Crippen molar-refractivity contribution < 1.29 is 19.1 Å². The first-order valence-corrected chi connectivity index (χ1v) is 10.8. The number of imidazole rings is 1. The Morgan fingerprint density at radius 1 is 1.26 bits per heavy atom. The molecule has 2 amide bonds. The van der Waals surface area contributed by atoms with Crippen LogP contribution in [0.25, 0.3) is 5.69 Å². The molecule has 3 unspecified atom stereocenters. The molecule has 1 aromatic heterocycles. The Hall–Kier alpha value is -3.00. The van der Waals surface area contributed by atoms with Gasteiger partial charge in [-0.05, 0) is 49.4 Å². The van der Waals surface area contributed by atoms with Gasteiger partial charge in [-0.15, -0.1) is 0 Å². The number of fused-ring (bicyclic) bond motifs is 1. The molecule has 2 aliphatic heterocycles. The third-order valence-corrected chi connectivity index (χ3v) is 5.87. The largest absolute Gasteiger partial charge is 0.368 e. The van der Waals surface area contributed by atoms with Crippen molar-refractivity contribution in [3.8, 4) is 5.69 Å². The predicted molar refractivity (Wildman–Crippen MR) is 114 cm³/mol. The van der Waals surface area contributed by atoms with E-state index in [1.54, 1.807) is 29.6 Å². The van der Waals surface area contributed by atoms with Gasteiger partial charge in [0.25, 0.3) is 5.91 Å². The minimum Gasteiger partial charge on any atom is -0.368 e. The molecule has 8 nitrogen and oxygen atoms in total. The zero-order valence-electron chi connectivity index (χ0n) is 17.9. The molecule has 164 valence electrons. The minimum absolute atomic E-state index is 0.0530. The summed E-state index contributed by atoms with van der Waals surface area (Å²) in [5.74, 6) is -0.360. The highest BCUT2D eigenvalue weighted by molar-refractivity contribution is 5.99. The first-order chi connectivity index (χ1) is 14.9. The molecule has 0 bridgehead atoms. The van der Waals surface area contributed by atoms with E-state index >= 15 is 0 Å². The second-order valence-corrected chi connectivity index (χ2v) is 8.61. The second kappa shape index (κ2) is 9.01. The average molecular weight is 425 g/mol. The molecule has 2 aliphatic rings. The second-order valence-electron chi connectivity index (χ2n) is 8.61. The fourth-order valence-corrected chi connectivity index (χ4v) is 4.37. The summed E-state index contributed by atoms with van der Waals surface area (Å²) < 4.78 is 7.41. The number of Topliss-reactive ketones (excluding diaryl/α,β-unsaturated/α-hetero) is 1. The molecular formula is C23H28N4O4. The lowest BCUT2D eigenvalue weighted by Crippen LogP contribution is -2.58. The van der Waals surface area contributed by atoms with Crippen molar-refractivity contribution in [2.24, 2.45) is 5.92 Å². The highest BCUT2D eigenvalue weighted by Gasteiger charge is 2.45. The standard InChI is InChI=1S/C23H28N4O4/c1-15(2)12-18(23(30)27-10-3-4-20-21(27)19(28)13-31-20)25-22(29)16-5-7-17(8-6-16)26-11-9-24-14-26/h5-9,11,14-15,18,20-21H,3-4,10,12-13H2,1-2H3,(H,25,29). The van der Waals surface area contributed by atoms with Gasteiger partial charge in [0.05, 0.1) is 12.4 Å². The number of amides is 2. The van der Waals surface area contributed by atoms with Gasteiger partial charge in [-0.1, -0.05) is 13.8 Å². The van der Waals surface area contributed by atoms with Crippen LogP contribution in [0.2, 0.25) is 0 Å². The van der Waals surface area contributed by atoms with Gasteiger partial charge in [0.2, 0.25) is 5.91 Å². The van der Waals surface area contributed by atoms with Crippen molar-refractivity contribution in [2.75, 3.05) is 13.2 Å². The van der Waals surface area contributed by atoms with Crippen LogP contribution in [-0.2, 0) is 14.3 Å². The number of rotatable bonds is 6. The molecule has 0 saturated carbocycles. The Kier molecular flexibility index (Phi) is 6.18. The van der Waals surface area contributed by atoms with E-state index < -0.39 is 12.1 Å². The van der Waals surface area contributed by atoms with Gasteiger partial charge in [0.1, 0.15) is 18.7 Å². The van der Waals surface area contributed by atoms with Gasteiger partial charge >= 0.3 is 0 Å². The van der Waals surface area contributed by atoms with Gasteiger partial charge in [-0.25, -0.2) is 4.98 Å². The number of carbonyl (C=O) groups is 3. The van der Waals surface area contributed by atoms with Crippen molar-refractivity contribution >= 4 is 17.6 Å². The normalized spacial score (nSPS) is 21.8. The lowest BCUT2D eigenvalue weighted by Gasteiger charge is -2.37. The number of hydrogen-bond acceptors (Lipinski definition) is 5. The van der Waals surface area contributed by atoms with Gasteiger partial charge < -0.3 is 19.5 Å². The SMILES string of the molecule is CC(C)CC(NC(=O)c1ccc(-n2ccnc2)cc1)C(=O)N1CCCC2OCC(=O)C21. The maximum Gasteiger partial charge on any atom is 0.251 e. The van der Waals surface area contributed by atoms with E-state index in [9.17, 15) is 14.4 Å². The van der Waals surface area contributed by atoms with Gasteiger partial charge in [0.15, 0.2) is 5.78 Å². The smallest absolute Gasteiger partial charge is 0.251 e. The molecule has 0 radical (unpaired) electrons. The Balaban J connectivity index is 1.49. The summed E-state index contributed by atoms with van der Waals surface area (Å²) in [4.78, 5) is 44.3. The van der Waals surface area contributed by atoms with Crippen LogP contribution in [0, 0.1) is 5.92 Å². The number of nitrogens with zero attached hydrogens (tertiary/aromatic N) is 3. The maximum atomic E-state index is 13.4. The van der Waals surface area contributed by atoms with Crippen LogP contribution in [0.1, 0.15) is 43.5 Å². The number of piperidine rings is 1. The molecule has 0 spiro atoms. The third-order valence-electron chi connectivity index (χ3n) is 5.87. The molecule has 1 aromatic carbocycles. The molecule has 2 fully saturated rings. The Labute approximate surface area is 181 Å². The van der Waals surface area contributed by atoms with Crippen LogP contribution in [-0.4, -0.2) is 63.4 Å². The molecule has 2 saturated heterocycles. The molecule has 3 heterocycles. The maximum absolute atomic E-state index is 13.4. The highest BCUT2D eigenvalue weighted by atomic mass is 16.5. The van der Waals surface area contributed by atoms with E-state index in [2.05, 4.69) is 10.3 Å². The molecule has 1 N–H and O–H groups in total. The molecule has 8 heteroatoms. The number of carbonyl (C=O) groups excluding carboxylic acids is 3. The van der Waals surface area contributed by atoms with Crippen molar-refractivity contribution in [2.45, 2.75) is 51.3 Å². The minimum atomic E-state index is -0.687. The summed E-state index contributed by atoms with van der Waals surface area (Å²) in [5.41, 5.74) is 1.37. The molecule has 3 atom stereocenters. The number of hydrogen-bond donors (Lipinski definition) is 1. The Morgan fingerprint density at radius 3 is 2.71 bits per heavy atom. The van der Waals surface area contributed by atoms with Crippen LogP contribution < -0.4 is 5.32 Å². The first-order valence-electron chi connectivity index (χ1n) is 10.8.